The van der Waals surface area contributed by atoms with Gasteiger partial charge in [0.05, 0.1) is 24.6 Å². The highest BCUT2D eigenvalue weighted by molar-refractivity contribution is 7.99. The van der Waals surface area contributed by atoms with E-state index in [0.717, 1.165) is 34.3 Å². The zero-order valence-electron chi connectivity index (χ0n) is 14.8. The molecule has 1 amide bonds. The van der Waals surface area contributed by atoms with Gasteiger partial charge in [0.2, 0.25) is 5.91 Å². The first kappa shape index (κ1) is 19.2. The number of nitrogens with one attached hydrogen (secondary N) is 1. The van der Waals surface area contributed by atoms with Crippen LogP contribution in [0.5, 0.6) is 11.5 Å². The average molecular weight is 364 g/mol. The summed E-state index contributed by atoms with van der Waals surface area (Å²) in [6, 6.07) is 7.43. The van der Waals surface area contributed by atoms with Crippen LogP contribution in [0.25, 0.3) is 0 Å². The summed E-state index contributed by atoms with van der Waals surface area (Å²) in [5.41, 5.74) is 1.95. The number of benzene rings is 1. The number of rotatable bonds is 10. The topological polar surface area (TPSA) is 73.6 Å². The van der Waals surface area contributed by atoms with E-state index in [0.29, 0.717) is 25.5 Å². The van der Waals surface area contributed by atoms with Gasteiger partial charge in [0.15, 0.2) is 0 Å². The van der Waals surface area contributed by atoms with Gasteiger partial charge in [-0.25, -0.2) is 0 Å². The van der Waals surface area contributed by atoms with Crippen LogP contribution in [0.15, 0.2) is 28.8 Å². The maximum absolute atomic E-state index is 11.8. The van der Waals surface area contributed by atoms with E-state index in [9.17, 15) is 4.79 Å². The monoisotopic (exact) mass is 364 g/mol. The number of hydrogen-bond acceptors (Lipinski definition) is 6. The molecular formula is C18H24N2O4S. The molecule has 1 N–H and O–H groups in total. The fraction of sp³-hybridized carbons (Fsp3) is 0.444. The lowest BCUT2D eigenvalue weighted by Gasteiger charge is -2.09. The molecule has 7 heteroatoms. The summed E-state index contributed by atoms with van der Waals surface area (Å²) in [5, 5.41) is 6.75. The summed E-state index contributed by atoms with van der Waals surface area (Å²) in [5.74, 6) is 3.50. The zero-order chi connectivity index (χ0) is 18.1. The third kappa shape index (κ3) is 6.34. The van der Waals surface area contributed by atoms with Gasteiger partial charge in [-0.15, -0.1) is 11.8 Å². The van der Waals surface area contributed by atoms with Crippen LogP contribution in [0.2, 0.25) is 0 Å². The van der Waals surface area contributed by atoms with Crippen molar-refractivity contribution >= 4 is 17.7 Å². The second-order valence-electron chi connectivity index (χ2n) is 5.40. The highest BCUT2D eigenvalue weighted by atomic mass is 32.2. The second-order valence-corrected chi connectivity index (χ2v) is 6.38. The van der Waals surface area contributed by atoms with Gasteiger partial charge in [-0.1, -0.05) is 5.16 Å². The molecule has 2 rings (SSSR count). The Morgan fingerprint density at radius 1 is 1.20 bits per heavy atom. The van der Waals surface area contributed by atoms with Crippen LogP contribution in [-0.4, -0.2) is 36.6 Å². The van der Waals surface area contributed by atoms with E-state index < -0.39 is 0 Å². The molecule has 136 valence electrons. The van der Waals surface area contributed by atoms with Crippen molar-refractivity contribution in [1.29, 1.82) is 0 Å². The minimum atomic E-state index is -0.00736. The molecule has 0 bridgehead atoms. The predicted octanol–water partition coefficient (Wildman–Crippen LogP) is 3.12. The van der Waals surface area contributed by atoms with E-state index in [1.165, 1.54) is 0 Å². The molecule has 0 aliphatic carbocycles. The number of thioether (sulfide) groups is 1. The Morgan fingerprint density at radius 2 is 1.88 bits per heavy atom. The number of nitrogens with zero attached hydrogens (tertiary/aromatic N) is 1. The molecule has 0 saturated carbocycles. The minimum Gasteiger partial charge on any atom is -0.494 e. The highest BCUT2D eigenvalue weighted by Crippen LogP contribution is 2.19. The molecule has 0 saturated heterocycles. The molecule has 0 radical (unpaired) electrons. The maximum atomic E-state index is 11.8. The van der Waals surface area contributed by atoms with Crippen LogP contribution >= 0.6 is 11.8 Å². The Balaban J connectivity index is 1.59. The summed E-state index contributed by atoms with van der Waals surface area (Å²) in [6.45, 7) is 7.27. The van der Waals surface area contributed by atoms with Gasteiger partial charge < -0.3 is 19.3 Å². The first-order chi connectivity index (χ1) is 12.1. The third-order valence-corrected chi connectivity index (χ3v) is 4.45. The lowest BCUT2D eigenvalue weighted by atomic mass is 10.2. The van der Waals surface area contributed by atoms with Crippen molar-refractivity contribution in [2.75, 3.05) is 25.5 Å². The average Bonchev–Trinajstić information content (AvgIpc) is 2.92. The number of carbonyl (C=O) groups is 1. The van der Waals surface area contributed by atoms with Crippen LogP contribution < -0.4 is 14.8 Å². The molecule has 0 spiro atoms. The van der Waals surface area contributed by atoms with Crippen LogP contribution in [-0.2, 0) is 10.5 Å². The molecule has 0 fully saturated rings. The smallest absolute Gasteiger partial charge is 0.230 e. The summed E-state index contributed by atoms with van der Waals surface area (Å²) in [4.78, 5) is 11.8. The van der Waals surface area contributed by atoms with Crippen LogP contribution in [0.1, 0.15) is 23.9 Å². The lowest BCUT2D eigenvalue weighted by Crippen LogP contribution is -2.29. The summed E-state index contributed by atoms with van der Waals surface area (Å²) in [6.07, 6.45) is 0. The van der Waals surface area contributed by atoms with E-state index in [4.69, 9.17) is 14.0 Å². The highest BCUT2D eigenvalue weighted by Gasteiger charge is 2.10. The third-order valence-electron chi connectivity index (χ3n) is 3.49. The molecule has 1 aromatic carbocycles. The van der Waals surface area contributed by atoms with Crippen LogP contribution in [0.4, 0.5) is 0 Å². The van der Waals surface area contributed by atoms with Crippen molar-refractivity contribution in [3.63, 3.8) is 0 Å². The number of hydrogen-bond donors (Lipinski definition) is 1. The Bertz CT molecular complexity index is 651. The Hall–Kier alpha value is -2.15. The molecule has 1 aromatic heterocycles. The lowest BCUT2D eigenvalue weighted by molar-refractivity contribution is -0.118. The SMILES string of the molecule is CCOc1ccc(OCCNC(=O)CSCc2c(C)noc2C)cc1. The van der Waals surface area contributed by atoms with Gasteiger partial charge in [0, 0.05) is 11.3 Å². The van der Waals surface area contributed by atoms with Gasteiger partial charge in [0.25, 0.3) is 0 Å². The zero-order valence-corrected chi connectivity index (χ0v) is 15.6. The number of ether oxygens (including phenoxy) is 2. The standard InChI is InChI=1S/C18H24N2O4S/c1-4-22-15-5-7-16(8-6-15)23-10-9-19-18(21)12-25-11-17-13(2)20-24-14(17)3/h5-8H,4,9-12H2,1-3H3,(H,19,21). The molecule has 0 unspecified atom stereocenters. The molecule has 0 aliphatic rings. The molecule has 0 atom stereocenters. The molecular weight excluding hydrogens is 340 g/mol. The number of carbonyl (C=O) groups excluding carboxylic acids is 1. The van der Waals surface area contributed by atoms with Crippen LogP contribution in [0, 0.1) is 13.8 Å². The Morgan fingerprint density at radius 3 is 2.48 bits per heavy atom. The number of aromatic nitrogens is 1. The molecule has 6 nitrogen and oxygen atoms in total. The van der Waals surface area contributed by atoms with E-state index >= 15 is 0 Å². The quantitative estimate of drug-likeness (QED) is 0.653. The predicted molar refractivity (Wildman–Crippen MR) is 98.3 cm³/mol. The normalized spacial score (nSPS) is 10.5. The van der Waals surface area contributed by atoms with Gasteiger partial charge in [-0.3, -0.25) is 4.79 Å². The summed E-state index contributed by atoms with van der Waals surface area (Å²) in [7, 11) is 0. The van der Waals surface area contributed by atoms with Gasteiger partial charge in [-0.2, -0.15) is 0 Å². The first-order valence-electron chi connectivity index (χ1n) is 8.22. The Kier molecular flexibility index (Phi) is 7.66. The first-order valence-corrected chi connectivity index (χ1v) is 9.37. The Labute approximate surface area is 152 Å². The fourth-order valence-corrected chi connectivity index (χ4v) is 3.17. The van der Waals surface area contributed by atoms with Crippen molar-refractivity contribution in [2.45, 2.75) is 26.5 Å². The van der Waals surface area contributed by atoms with Crippen molar-refractivity contribution in [2.24, 2.45) is 0 Å². The second kappa shape index (κ2) is 9.98. The largest absolute Gasteiger partial charge is 0.494 e. The van der Waals surface area contributed by atoms with Gasteiger partial charge in [-0.05, 0) is 45.0 Å². The molecule has 2 aromatic rings. The van der Waals surface area contributed by atoms with E-state index in [1.807, 2.05) is 45.0 Å². The minimum absolute atomic E-state index is 0.00736. The van der Waals surface area contributed by atoms with Gasteiger partial charge in [0.1, 0.15) is 23.9 Å². The van der Waals surface area contributed by atoms with Crippen molar-refractivity contribution < 1.29 is 18.8 Å². The number of aryl methyl sites for hydroxylation is 2. The van der Waals surface area contributed by atoms with E-state index in [-0.39, 0.29) is 5.91 Å². The molecule has 0 aliphatic heterocycles. The van der Waals surface area contributed by atoms with Crippen molar-refractivity contribution in [1.82, 2.24) is 10.5 Å². The number of amides is 1. The fourth-order valence-electron chi connectivity index (χ4n) is 2.16. The summed E-state index contributed by atoms with van der Waals surface area (Å²) < 4.78 is 16.1. The van der Waals surface area contributed by atoms with Crippen molar-refractivity contribution in [3.05, 3.63) is 41.3 Å². The van der Waals surface area contributed by atoms with E-state index in [1.54, 1.807) is 11.8 Å². The van der Waals surface area contributed by atoms with Gasteiger partial charge >= 0.3 is 0 Å². The summed E-state index contributed by atoms with van der Waals surface area (Å²) >= 11 is 1.54. The van der Waals surface area contributed by atoms with Crippen LogP contribution in [0.3, 0.4) is 0 Å². The molecule has 25 heavy (non-hydrogen) atoms. The van der Waals surface area contributed by atoms with E-state index in [2.05, 4.69) is 10.5 Å². The molecule has 1 heterocycles. The maximum Gasteiger partial charge on any atom is 0.230 e. The van der Waals surface area contributed by atoms with Crippen molar-refractivity contribution in [3.8, 4) is 11.5 Å².